The standard InChI is InChI=1S/C36H48N2O5/c1-28(2)42-32-19-17-30(18-20-32)36(40)43-33-23-21-31(22-24-33)41-26-14-9-7-6-8-13-25-37-35(39)34(38(3,4)5)27-29-15-11-10-12-16-29/h10-12,15-24,28,34H,6-9,13-14,25-27H2,1-5H3/p+1. The summed E-state index contributed by atoms with van der Waals surface area (Å²) in [5, 5.41) is 3.16. The van der Waals surface area contributed by atoms with E-state index in [0.717, 1.165) is 63.0 Å². The molecule has 7 nitrogen and oxygen atoms in total. The van der Waals surface area contributed by atoms with Crippen LogP contribution in [0.5, 0.6) is 17.2 Å². The maximum atomic E-state index is 12.9. The van der Waals surface area contributed by atoms with Gasteiger partial charge in [0.2, 0.25) is 0 Å². The van der Waals surface area contributed by atoms with Gasteiger partial charge in [-0.25, -0.2) is 4.79 Å². The number of esters is 1. The molecule has 0 aromatic heterocycles. The van der Waals surface area contributed by atoms with Crippen LogP contribution in [0, 0.1) is 0 Å². The van der Waals surface area contributed by atoms with E-state index in [0.29, 0.717) is 22.4 Å². The van der Waals surface area contributed by atoms with Gasteiger partial charge in [-0.2, -0.15) is 0 Å². The maximum absolute atomic E-state index is 12.9. The zero-order valence-electron chi connectivity index (χ0n) is 26.5. The number of quaternary nitrogens is 1. The smallest absolute Gasteiger partial charge is 0.343 e. The summed E-state index contributed by atoms with van der Waals surface area (Å²) in [6.45, 7) is 5.28. The number of amides is 1. The van der Waals surface area contributed by atoms with E-state index in [9.17, 15) is 9.59 Å². The summed E-state index contributed by atoms with van der Waals surface area (Å²) in [4.78, 5) is 25.3. The predicted molar refractivity (Wildman–Crippen MR) is 172 cm³/mol. The lowest BCUT2D eigenvalue weighted by Crippen LogP contribution is -2.55. The number of carbonyl (C=O) groups excluding carboxylic acids is 2. The number of benzene rings is 3. The molecule has 0 spiro atoms. The highest BCUT2D eigenvalue weighted by Gasteiger charge is 2.31. The second-order valence-electron chi connectivity index (χ2n) is 12.1. The topological polar surface area (TPSA) is 73.9 Å². The molecule has 0 fully saturated rings. The number of hydrogen-bond acceptors (Lipinski definition) is 5. The molecule has 0 heterocycles. The quantitative estimate of drug-likeness (QED) is 0.0761. The summed E-state index contributed by atoms with van der Waals surface area (Å²) in [7, 11) is 6.23. The van der Waals surface area contributed by atoms with Gasteiger partial charge >= 0.3 is 5.97 Å². The van der Waals surface area contributed by atoms with Gasteiger partial charge in [0.15, 0.2) is 6.04 Å². The van der Waals surface area contributed by atoms with Crippen LogP contribution in [-0.2, 0) is 11.2 Å². The molecule has 1 N–H and O–H groups in total. The van der Waals surface area contributed by atoms with Gasteiger partial charge in [0.25, 0.3) is 5.91 Å². The van der Waals surface area contributed by atoms with Crippen LogP contribution in [0.25, 0.3) is 0 Å². The summed E-state index contributed by atoms with van der Waals surface area (Å²) >= 11 is 0. The van der Waals surface area contributed by atoms with Crippen LogP contribution in [0.3, 0.4) is 0 Å². The molecule has 3 aromatic rings. The van der Waals surface area contributed by atoms with Crippen molar-refractivity contribution in [1.82, 2.24) is 5.32 Å². The summed E-state index contributed by atoms with van der Waals surface area (Å²) in [5.74, 6) is 1.66. The summed E-state index contributed by atoms with van der Waals surface area (Å²) in [6, 6.07) is 24.2. The van der Waals surface area contributed by atoms with Crippen molar-refractivity contribution < 1.29 is 28.3 Å². The first kappa shape index (κ1) is 33.7. The first-order chi connectivity index (χ1) is 20.6. The van der Waals surface area contributed by atoms with E-state index >= 15 is 0 Å². The second kappa shape index (κ2) is 17.3. The molecule has 0 aliphatic heterocycles. The Bertz CT molecular complexity index is 1240. The molecule has 0 aliphatic rings. The number of carbonyl (C=O) groups is 2. The van der Waals surface area contributed by atoms with Crippen LogP contribution >= 0.6 is 0 Å². The van der Waals surface area contributed by atoms with Gasteiger partial charge in [-0.05, 0) is 80.8 Å². The second-order valence-corrected chi connectivity index (χ2v) is 12.1. The number of hydrogen-bond donors (Lipinski definition) is 1. The Hall–Kier alpha value is -3.84. The highest BCUT2D eigenvalue weighted by Crippen LogP contribution is 2.20. The Labute approximate surface area is 257 Å². The van der Waals surface area contributed by atoms with E-state index < -0.39 is 5.97 Å². The van der Waals surface area contributed by atoms with Crippen LogP contribution < -0.4 is 19.5 Å². The van der Waals surface area contributed by atoms with E-state index in [1.54, 1.807) is 36.4 Å². The van der Waals surface area contributed by atoms with Crippen molar-refractivity contribution >= 4 is 11.9 Å². The lowest BCUT2D eigenvalue weighted by atomic mass is 10.0. The Morgan fingerprint density at radius 3 is 1.93 bits per heavy atom. The highest BCUT2D eigenvalue weighted by atomic mass is 16.5. The molecule has 1 atom stereocenters. The summed E-state index contributed by atoms with van der Waals surface area (Å²) in [6.07, 6.45) is 7.28. The van der Waals surface area contributed by atoms with Crippen molar-refractivity contribution in [3.63, 3.8) is 0 Å². The van der Waals surface area contributed by atoms with Gasteiger partial charge < -0.3 is 24.0 Å². The van der Waals surface area contributed by atoms with Crippen molar-refractivity contribution in [2.24, 2.45) is 0 Å². The maximum Gasteiger partial charge on any atom is 0.343 e. The number of unbranched alkanes of at least 4 members (excludes halogenated alkanes) is 5. The zero-order valence-corrected chi connectivity index (χ0v) is 26.5. The first-order valence-electron chi connectivity index (χ1n) is 15.5. The fourth-order valence-corrected chi connectivity index (χ4v) is 4.72. The van der Waals surface area contributed by atoms with E-state index in [2.05, 4.69) is 38.6 Å². The molecule has 0 aliphatic carbocycles. The molecule has 43 heavy (non-hydrogen) atoms. The van der Waals surface area contributed by atoms with Crippen molar-refractivity contribution in [3.8, 4) is 17.2 Å². The third kappa shape index (κ3) is 12.5. The summed E-state index contributed by atoms with van der Waals surface area (Å²) in [5.41, 5.74) is 1.65. The molecule has 0 saturated heterocycles. The fraction of sp³-hybridized carbons (Fsp3) is 0.444. The van der Waals surface area contributed by atoms with Crippen molar-refractivity contribution in [1.29, 1.82) is 0 Å². The monoisotopic (exact) mass is 589 g/mol. The van der Waals surface area contributed by atoms with Gasteiger partial charge in [-0.15, -0.1) is 0 Å². The molecular weight excluding hydrogens is 540 g/mol. The zero-order chi connectivity index (χ0) is 31.1. The van der Waals surface area contributed by atoms with Gasteiger partial charge in [-0.3, -0.25) is 4.79 Å². The first-order valence-corrected chi connectivity index (χ1v) is 15.5. The van der Waals surface area contributed by atoms with E-state index in [4.69, 9.17) is 14.2 Å². The molecule has 1 unspecified atom stereocenters. The number of likely N-dealkylation sites (N-methyl/N-ethyl adjacent to an activating group) is 1. The number of rotatable bonds is 18. The molecule has 0 radical (unpaired) electrons. The Morgan fingerprint density at radius 1 is 0.721 bits per heavy atom. The van der Waals surface area contributed by atoms with Crippen molar-refractivity contribution in [3.05, 3.63) is 90.0 Å². The molecule has 7 heteroatoms. The van der Waals surface area contributed by atoms with E-state index in [-0.39, 0.29) is 18.1 Å². The molecule has 232 valence electrons. The van der Waals surface area contributed by atoms with Gasteiger partial charge in [0, 0.05) is 13.0 Å². The third-order valence-corrected chi connectivity index (χ3v) is 7.14. The summed E-state index contributed by atoms with van der Waals surface area (Å²) < 4.78 is 17.5. The number of ether oxygens (including phenoxy) is 3. The van der Waals surface area contributed by atoms with Crippen LogP contribution in [0.1, 0.15) is 68.3 Å². The van der Waals surface area contributed by atoms with E-state index in [1.165, 1.54) is 5.56 Å². The fourth-order valence-electron chi connectivity index (χ4n) is 4.72. The number of nitrogens with zero attached hydrogens (tertiary/aromatic N) is 1. The van der Waals surface area contributed by atoms with Crippen LogP contribution in [0.2, 0.25) is 0 Å². The minimum Gasteiger partial charge on any atom is -0.494 e. The molecule has 3 rings (SSSR count). The van der Waals surface area contributed by atoms with E-state index in [1.807, 2.05) is 44.2 Å². The highest BCUT2D eigenvalue weighted by molar-refractivity contribution is 5.91. The van der Waals surface area contributed by atoms with Crippen LogP contribution in [-0.4, -0.2) is 62.8 Å². The molecular formula is C36H49N2O5+. The van der Waals surface area contributed by atoms with Gasteiger partial charge in [-0.1, -0.05) is 56.0 Å². The van der Waals surface area contributed by atoms with Gasteiger partial charge in [0.1, 0.15) is 17.2 Å². The van der Waals surface area contributed by atoms with Crippen LogP contribution in [0.15, 0.2) is 78.9 Å². The third-order valence-electron chi connectivity index (χ3n) is 7.14. The lowest BCUT2D eigenvalue weighted by Gasteiger charge is -2.33. The lowest BCUT2D eigenvalue weighted by molar-refractivity contribution is -0.886. The van der Waals surface area contributed by atoms with Crippen molar-refractivity contribution in [2.75, 3.05) is 34.3 Å². The average Bonchev–Trinajstić information content (AvgIpc) is 2.97. The predicted octanol–water partition coefficient (Wildman–Crippen LogP) is 6.85. The molecule has 0 saturated carbocycles. The van der Waals surface area contributed by atoms with Gasteiger partial charge in [0.05, 0.1) is 39.4 Å². The Kier molecular flexibility index (Phi) is 13.6. The molecule has 3 aromatic carbocycles. The number of nitrogens with one attached hydrogen (secondary N) is 1. The average molecular weight is 590 g/mol. The minimum absolute atomic E-state index is 0.0768. The SMILES string of the molecule is CC(C)Oc1ccc(C(=O)Oc2ccc(OCCCCCCCCNC(=O)C(Cc3ccccc3)[N+](C)(C)C)cc2)cc1. The minimum atomic E-state index is -0.413. The van der Waals surface area contributed by atoms with Crippen LogP contribution in [0.4, 0.5) is 0 Å². The molecule has 0 bridgehead atoms. The molecule has 1 amide bonds. The Morgan fingerprint density at radius 2 is 1.30 bits per heavy atom. The van der Waals surface area contributed by atoms with Crippen molar-refractivity contribution in [2.45, 2.75) is 70.9 Å². The normalized spacial score (nSPS) is 12.0. The Balaban J connectivity index is 1.24. The largest absolute Gasteiger partial charge is 0.494 e.